The van der Waals surface area contributed by atoms with Crippen molar-refractivity contribution in [3.05, 3.63) is 0 Å². The minimum absolute atomic E-state index is 0.130. The van der Waals surface area contributed by atoms with E-state index < -0.39 is 5.60 Å². The maximum absolute atomic E-state index is 12.1. The maximum atomic E-state index is 12.1. The molecule has 18 heavy (non-hydrogen) atoms. The standard InChI is InChI=1S/C13H22N2O3/c1-13(2,3)18-12(17)15-9-5-4-6-11(15)7-8-14-10-16/h11H,4-9H2,1-3H3. The highest BCUT2D eigenvalue weighted by molar-refractivity contribution is 5.68. The summed E-state index contributed by atoms with van der Waals surface area (Å²) in [5, 5.41) is 0. The Hall–Kier alpha value is -1.35. The first-order valence-corrected chi connectivity index (χ1v) is 6.47. The van der Waals surface area contributed by atoms with Crippen molar-refractivity contribution >= 4 is 12.2 Å². The molecule has 0 saturated carbocycles. The molecule has 1 aliphatic rings. The van der Waals surface area contributed by atoms with E-state index in [1.165, 1.54) is 6.08 Å². The monoisotopic (exact) mass is 254 g/mol. The van der Waals surface area contributed by atoms with Crippen LogP contribution in [0.3, 0.4) is 0 Å². The first kappa shape index (κ1) is 14.7. The van der Waals surface area contributed by atoms with Crippen LogP contribution in [0.4, 0.5) is 4.79 Å². The van der Waals surface area contributed by atoms with Crippen LogP contribution in [0.5, 0.6) is 0 Å². The Kier molecular flexibility index (Phi) is 5.35. The summed E-state index contributed by atoms with van der Waals surface area (Å²) >= 11 is 0. The van der Waals surface area contributed by atoms with Gasteiger partial charge in [0, 0.05) is 12.6 Å². The Labute approximate surface area is 108 Å². The molecule has 1 amide bonds. The van der Waals surface area contributed by atoms with Crippen molar-refractivity contribution < 1.29 is 14.3 Å². The highest BCUT2D eigenvalue weighted by atomic mass is 16.6. The predicted molar refractivity (Wildman–Crippen MR) is 68.2 cm³/mol. The van der Waals surface area contributed by atoms with Crippen LogP contribution in [-0.2, 0) is 9.53 Å². The van der Waals surface area contributed by atoms with Gasteiger partial charge in [0.2, 0.25) is 6.08 Å². The number of hydrogen-bond acceptors (Lipinski definition) is 4. The van der Waals surface area contributed by atoms with E-state index in [1.54, 1.807) is 4.90 Å². The number of rotatable bonds is 3. The third kappa shape index (κ3) is 4.88. The highest BCUT2D eigenvalue weighted by Gasteiger charge is 2.29. The molecule has 0 aromatic heterocycles. The van der Waals surface area contributed by atoms with Crippen molar-refractivity contribution in [1.82, 2.24) is 4.90 Å². The molecular weight excluding hydrogens is 232 g/mol. The van der Waals surface area contributed by atoms with Gasteiger partial charge in [-0.2, -0.15) is 0 Å². The van der Waals surface area contributed by atoms with Gasteiger partial charge >= 0.3 is 6.09 Å². The van der Waals surface area contributed by atoms with E-state index in [0.29, 0.717) is 13.0 Å². The average Bonchev–Trinajstić information content (AvgIpc) is 2.27. The average molecular weight is 254 g/mol. The van der Waals surface area contributed by atoms with E-state index in [9.17, 15) is 9.59 Å². The molecule has 5 heteroatoms. The predicted octanol–water partition coefficient (Wildman–Crippen LogP) is 2.50. The van der Waals surface area contributed by atoms with Crippen molar-refractivity contribution in [2.75, 3.05) is 13.1 Å². The van der Waals surface area contributed by atoms with Gasteiger partial charge < -0.3 is 9.64 Å². The molecule has 1 rings (SSSR count). The molecule has 0 aliphatic carbocycles. The summed E-state index contributed by atoms with van der Waals surface area (Å²) in [6, 6.07) is 0.130. The van der Waals surface area contributed by atoms with Gasteiger partial charge in [-0.1, -0.05) is 0 Å². The second-order valence-electron chi connectivity index (χ2n) is 5.59. The van der Waals surface area contributed by atoms with Gasteiger partial charge in [-0.05, 0) is 46.5 Å². The minimum Gasteiger partial charge on any atom is -0.444 e. The van der Waals surface area contributed by atoms with Crippen molar-refractivity contribution in [3.63, 3.8) is 0 Å². The molecule has 0 bridgehead atoms. The normalized spacial score (nSPS) is 20.2. The second-order valence-corrected chi connectivity index (χ2v) is 5.59. The van der Waals surface area contributed by atoms with Gasteiger partial charge in [-0.25, -0.2) is 14.6 Å². The van der Waals surface area contributed by atoms with Crippen LogP contribution in [0.2, 0.25) is 0 Å². The Morgan fingerprint density at radius 2 is 2.17 bits per heavy atom. The third-order valence-electron chi connectivity index (χ3n) is 2.89. The molecule has 0 N–H and O–H groups in total. The zero-order valence-electron chi connectivity index (χ0n) is 11.4. The van der Waals surface area contributed by atoms with Gasteiger partial charge in [-0.3, -0.25) is 0 Å². The second kappa shape index (κ2) is 6.55. The van der Waals surface area contributed by atoms with Crippen molar-refractivity contribution in [2.45, 2.75) is 58.1 Å². The molecule has 0 spiro atoms. The third-order valence-corrected chi connectivity index (χ3v) is 2.89. The molecule has 1 saturated heterocycles. The Bertz CT molecular complexity index is 330. The lowest BCUT2D eigenvalue weighted by atomic mass is 10.00. The number of likely N-dealkylation sites (tertiary alicyclic amines) is 1. The molecule has 5 nitrogen and oxygen atoms in total. The summed E-state index contributed by atoms with van der Waals surface area (Å²) in [7, 11) is 0. The summed E-state index contributed by atoms with van der Waals surface area (Å²) in [5.41, 5.74) is -0.472. The molecule has 1 atom stereocenters. The minimum atomic E-state index is -0.472. The number of isocyanates is 1. The van der Waals surface area contributed by atoms with E-state index in [-0.39, 0.29) is 12.1 Å². The van der Waals surface area contributed by atoms with Crippen molar-refractivity contribution in [1.29, 1.82) is 0 Å². The van der Waals surface area contributed by atoms with Crippen LogP contribution in [0, 0.1) is 0 Å². The molecule has 1 heterocycles. The molecular formula is C13H22N2O3. The molecule has 0 aromatic carbocycles. The number of aliphatic imine (C=N–C) groups is 1. The number of piperidine rings is 1. The first-order valence-electron chi connectivity index (χ1n) is 6.47. The number of carbonyl (C=O) groups is 1. The van der Waals surface area contributed by atoms with Gasteiger partial charge in [0.25, 0.3) is 0 Å². The lowest BCUT2D eigenvalue weighted by Gasteiger charge is -2.36. The van der Waals surface area contributed by atoms with Crippen LogP contribution in [0.25, 0.3) is 0 Å². The molecule has 1 fully saturated rings. The van der Waals surface area contributed by atoms with Crippen LogP contribution < -0.4 is 0 Å². The molecule has 1 unspecified atom stereocenters. The number of nitrogens with zero attached hydrogens (tertiary/aromatic N) is 2. The maximum Gasteiger partial charge on any atom is 0.410 e. The molecule has 1 aliphatic heterocycles. The van der Waals surface area contributed by atoms with Crippen LogP contribution in [-0.4, -0.2) is 41.8 Å². The topological polar surface area (TPSA) is 59.0 Å². The fraction of sp³-hybridized carbons (Fsp3) is 0.846. The van der Waals surface area contributed by atoms with Gasteiger partial charge in [0.1, 0.15) is 5.60 Å². The first-order chi connectivity index (χ1) is 8.44. The quantitative estimate of drug-likeness (QED) is 0.574. The summed E-state index contributed by atoms with van der Waals surface area (Å²) in [5.74, 6) is 0. The SMILES string of the molecule is CC(C)(C)OC(=O)N1CCCCC1CCN=C=O. The van der Waals surface area contributed by atoms with E-state index >= 15 is 0 Å². The lowest BCUT2D eigenvalue weighted by molar-refractivity contribution is 0.00921. The highest BCUT2D eigenvalue weighted by Crippen LogP contribution is 2.22. The zero-order valence-corrected chi connectivity index (χ0v) is 11.4. The number of hydrogen-bond donors (Lipinski definition) is 0. The van der Waals surface area contributed by atoms with E-state index in [4.69, 9.17) is 4.74 Å². The Morgan fingerprint density at radius 1 is 1.44 bits per heavy atom. The van der Waals surface area contributed by atoms with Crippen LogP contribution in [0.1, 0.15) is 46.5 Å². The number of ether oxygens (including phenoxy) is 1. The summed E-state index contributed by atoms with van der Waals surface area (Å²) in [4.78, 5) is 27.4. The van der Waals surface area contributed by atoms with Gasteiger partial charge in [-0.15, -0.1) is 0 Å². The summed E-state index contributed by atoms with van der Waals surface area (Å²) in [6.45, 7) is 6.74. The fourth-order valence-electron chi connectivity index (χ4n) is 2.12. The smallest absolute Gasteiger partial charge is 0.410 e. The summed E-state index contributed by atoms with van der Waals surface area (Å²) < 4.78 is 5.39. The van der Waals surface area contributed by atoms with E-state index in [0.717, 1.165) is 25.8 Å². The Balaban J connectivity index is 2.58. The molecule has 102 valence electrons. The molecule has 0 radical (unpaired) electrons. The number of carbonyl (C=O) groups excluding carboxylic acids is 2. The van der Waals surface area contributed by atoms with Crippen LogP contribution in [0.15, 0.2) is 4.99 Å². The van der Waals surface area contributed by atoms with Gasteiger partial charge in [0.05, 0.1) is 6.54 Å². The van der Waals surface area contributed by atoms with Crippen molar-refractivity contribution in [2.24, 2.45) is 4.99 Å². The van der Waals surface area contributed by atoms with E-state index in [2.05, 4.69) is 4.99 Å². The molecule has 0 aromatic rings. The van der Waals surface area contributed by atoms with Crippen molar-refractivity contribution in [3.8, 4) is 0 Å². The van der Waals surface area contributed by atoms with Crippen LogP contribution >= 0.6 is 0 Å². The van der Waals surface area contributed by atoms with Gasteiger partial charge in [0.15, 0.2) is 0 Å². The lowest BCUT2D eigenvalue weighted by Crippen LogP contribution is -2.46. The van der Waals surface area contributed by atoms with E-state index in [1.807, 2.05) is 20.8 Å². The summed E-state index contributed by atoms with van der Waals surface area (Å²) in [6.07, 6.45) is 5.04. The largest absolute Gasteiger partial charge is 0.444 e. The zero-order chi connectivity index (χ0) is 13.6. The fourth-order valence-corrected chi connectivity index (χ4v) is 2.12. The Morgan fingerprint density at radius 3 is 2.78 bits per heavy atom. The number of amides is 1.